The van der Waals surface area contributed by atoms with E-state index in [1.807, 2.05) is 63.2 Å². The lowest BCUT2D eigenvalue weighted by atomic mass is 10.1. The van der Waals surface area contributed by atoms with E-state index < -0.39 is 5.91 Å². The van der Waals surface area contributed by atoms with Gasteiger partial charge >= 0.3 is 0 Å². The molecule has 5 heteroatoms. The van der Waals surface area contributed by atoms with Crippen molar-refractivity contribution >= 4 is 11.8 Å². The van der Waals surface area contributed by atoms with Gasteiger partial charge in [-0.25, -0.2) is 0 Å². The number of carbonyl (C=O) groups is 2. The summed E-state index contributed by atoms with van der Waals surface area (Å²) >= 11 is 0. The highest BCUT2D eigenvalue weighted by Gasteiger charge is 2.08. The number of carbonyl (C=O) groups excluding carboxylic acids is 2. The lowest BCUT2D eigenvalue weighted by Crippen LogP contribution is -2.44. The van der Waals surface area contributed by atoms with Crippen LogP contribution in [-0.2, 0) is 16.0 Å². The van der Waals surface area contributed by atoms with Crippen molar-refractivity contribution in [1.82, 2.24) is 10.9 Å². The van der Waals surface area contributed by atoms with Gasteiger partial charge in [-0.05, 0) is 43.5 Å². The molecule has 0 spiro atoms. The van der Waals surface area contributed by atoms with Crippen LogP contribution in [0.15, 0.2) is 42.5 Å². The van der Waals surface area contributed by atoms with E-state index in [9.17, 15) is 9.59 Å². The van der Waals surface area contributed by atoms with Crippen molar-refractivity contribution < 1.29 is 14.3 Å². The third-order valence-corrected chi connectivity index (χ3v) is 3.53. The third kappa shape index (κ3) is 5.43. The number of aryl methyl sites for hydroxylation is 3. The molecule has 2 amide bonds. The van der Waals surface area contributed by atoms with Crippen molar-refractivity contribution in [3.63, 3.8) is 0 Å². The van der Waals surface area contributed by atoms with Gasteiger partial charge in [0.15, 0.2) is 6.61 Å². The smallest absolute Gasteiger partial charge is 0.276 e. The fraction of sp³-hybridized carbons (Fsp3) is 0.263. The van der Waals surface area contributed by atoms with E-state index >= 15 is 0 Å². The van der Waals surface area contributed by atoms with Gasteiger partial charge in [0.2, 0.25) is 5.91 Å². The second-order valence-electron chi connectivity index (χ2n) is 5.82. The molecule has 0 aliphatic heterocycles. The monoisotopic (exact) mass is 326 g/mol. The predicted molar refractivity (Wildman–Crippen MR) is 92.6 cm³/mol. The summed E-state index contributed by atoms with van der Waals surface area (Å²) in [5, 5.41) is 0. The Morgan fingerprint density at radius 1 is 0.875 bits per heavy atom. The minimum atomic E-state index is -0.409. The van der Waals surface area contributed by atoms with E-state index in [0.717, 1.165) is 22.3 Å². The molecule has 0 aliphatic carbocycles. The van der Waals surface area contributed by atoms with Crippen molar-refractivity contribution in [2.75, 3.05) is 6.61 Å². The number of amides is 2. The largest absolute Gasteiger partial charge is 0.483 e. The second-order valence-corrected chi connectivity index (χ2v) is 5.82. The van der Waals surface area contributed by atoms with Crippen LogP contribution in [0.25, 0.3) is 0 Å². The molecular formula is C19H22N2O3. The molecule has 0 atom stereocenters. The van der Waals surface area contributed by atoms with Gasteiger partial charge in [0.1, 0.15) is 5.75 Å². The van der Waals surface area contributed by atoms with Crippen molar-refractivity contribution in [2.45, 2.75) is 27.2 Å². The van der Waals surface area contributed by atoms with E-state index in [0.29, 0.717) is 5.75 Å². The van der Waals surface area contributed by atoms with E-state index in [2.05, 4.69) is 10.9 Å². The first-order chi connectivity index (χ1) is 11.4. The number of ether oxygens (including phenoxy) is 1. The lowest BCUT2D eigenvalue weighted by molar-refractivity contribution is -0.129. The lowest BCUT2D eigenvalue weighted by Gasteiger charge is -2.11. The van der Waals surface area contributed by atoms with Gasteiger partial charge in [-0.3, -0.25) is 20.4 Å². The Hall–Kier alpha value is -2.82. The number of benzene rings is 2. The summed E-state index contributed by atoms with van der Waals surface area (Å²) in [6, 6.07) is 13.5. The highest BCUT2D eigenvalue weighted by atomic mass is 16.5. The molecule has 0 saturated heterocycles. The fourth-order valence-electron chi connectivity index (χ4n) is 2.12. The Bertz CT molecular complexity index is 724. The van der Waals surface area contributed by atoms with Gasteiger partial charge in [-0.2, -0.15) is 0 Å². The zero-order valence-electron chi connectivity index (χ0n) is 14.2. The molecule has 24 heavy (non-hydrogen) atoms. The Labute approximate surface area is 142 Å². The van der Waals surface area contributed by atoms with Crippen LogP contribution < -0.4 is 15.6 Å². The SMILES string of the molecule is Cc1ccc(CC(=O)NNC(=O)COc2cc(C)ccc2C)cc1. The van der Waals surface area contributed by atoms with E-state index in [-0.39, 0.29) is 18.9 Å². The molecule has 126 valence electrons. The fourth-order valence-corrected chi connectivity index (χ4v) is 2.12. The molecule has 2 aromatic rings. The average Bonchev–Trinajstić information content (AvgIpc) is 2.56. The van der Waals surface area contributed by atoms with Crippen LogP contribution in [-0.4, -0.2) is 18.4 Å². The first-order valence-electron chi connectivity index (χ1n) is 7.77. The van der Waals surface area contributed by atoms with Gasteiger partial charge in [-0.15, -0.1) is 0 Å². The van der Waals surface area contributed by atoms with E-state index in [1.165, 1.54) is 0 Å². The van der Waals surface area contributed by atoms with Crippen molar-refractivity contribution in [3.05, 3.63) is 64.7 Å². The molecular weight excluding hydrogens is 304 g/mol. The van der Waals surface area contributed by atoms with Crippen molar-refractivity contribution in [2.24, 2.45) is 0 Å². The molecule has 0 aliphatic rings. The first-order valence-corrected chi connectivity index (χ1v) is 7.77. The minimum Gasteiger partial charge on any atom is -0.483 e. The molecule has 0 fully saturated rings. The summed E-state index contributed by atoms with van der Waals surface area (Å²) in [5.41, 5.74) is 8.78. The highest BCUT2D eigenvalue weighted by molar-refractivity contribution is 5.83. The van der Waals surface area contributed by atoms with Crippen LogP contribution in [0, 0.1) is 20.8 Å². The summed E-state index contributed by atoms with van der Waals surface area (Å²) in [6.45, 7) is 5.70. The number of rotatable bonds is 5. The number of hydrogen-bond donors (Lipinski definition) is 2. The van der Waals surface area contributed by atoms with Gasteiger partial charge in [0.25, 0.3) is 5.91 Å². The van der Waals surface area contributed by atoms with Crippen LogP contribution in [0.5, 0.6) is 5.75 Å². The average molecular weight is 326 g/mol. The number of nitrogens with one attached hydrogen (secondary N) is 2. The molecule has 0 aromatic heterocycles. The molecule has 2 rings (SSSR count). The summed E-state index contributed by atoms with van der Waals surface area (Å²) in [5.74, 6) is -0.0248. The van der Waals surface area contributed by atoms with Crippen molar-refractivity contribution in [3.8, 4) is 5.75 Å². The predicted octanol–water partition coefficient (Wildman–Crippen LogP) is 2.38. The zero-order chi connectivity index (χ0) is 17.5. The topological polar surface area (TPSA) is 67.4 Å². The molecule has 0 saturated carbocycles. The molecule has 2 aromatic carbocycles. The van der Waals surface area contributed by atoms with Crippen LogP contribution in [0.4, 0.5) is 0 Å². The Kier molecular flexibility index (Phi) is 5.95. The maximum atomic E-state index is 11.8. The number of hydrogen-bond acceptors (Lipinski definition) is 3. The Morgan fingerprint density at radius 3 is 2.21 bits per heavy atom. The standard InChI is InChI=1S/C19H22N2O3/c1-13-5-8-16(9-6-13)11-18(22)20-21-19(23)12-24-17-10-14(2)4-7-15(17)3/h4-10H,11-12H2,1-3H3,(H,20,22)(H,21,23). The molecule has 0 unspecified atom stereocenters. The molecule has 0 radical (unpaired) electrons. The number of hydrazine groups is 1. The molecule has 5 nitrogen and oxygen atoms in total. The third-order valence-electron chi connectivity index (χ3n) is 3.53. The second kappa shape index (κ2) is 8.15. The minimum absolute atomic E-state index is 0.158. The first kappa shape index (κ1) is 17.5. The van der Waals surface area contributed by atoms with Crippen LogP contribution in [0.3, 0.4) is 0 Å². The highest BCUT2D eigenvalue weighted by Crippen LogP contribution is 2.18. The Balaban J connectivity index is 1.75. The maximum Gasteiger partial charge on any atom is 0.276 e. The summed E-state index contributed by atoms with van der Waals surface area (Å²) < 4.78 is 5.48. The quantitative estimate of drug-likeness (QED) is 0.829. The van der Waals surface area contributed by atoms with E-state index in [1.54, 1.807) is 0 Å². The zero-order valence-corrected chi connectivity index (χ0v) is 14.2. The summed E-state index contributed by atoms with van der Waals surface area (Å²) in [6.07, 6.45) is 0.207. The van der Waals surface area contributed by atoms with Gasteiger partial charge in [0, 0.05) is 0 Å². The normalized spacial score (nSPS) is 10.1. The molecule has 0 heterocycles. The van der Waals surface area contributed by atoms with Gasteiger partial charge in [-0.1, -0.05) is 42.0 Å². The van der Waals surface area contributed by atoms with Gasteiger partial charge in [0.05, 0.1) is 6.42 Å². The summed E-state index contributed by atoms with van der Waals surface area (Å²) in [4.78, 5) is 23.6. The van der Waals surface area contributed by atoms with E-state index in [4.69, 9.17) is 4.74 Å². The van der Waals surface area contributed by atoms with Crippen LogP contribution >= 0.6 is 0 Å². The maximum absolute atomic E-state index is 11.8. The van der Waals surface area contributed by atoms with Crippen LogP contribution in [0.2, 0.25) is 0 Å². The van der Waals surface area contributed by atoms with Gasteiger partial charge < -0.3 is 4.74 Å². The Morgan fingerprint density at radius 2 is 1.50 bits per heavy atom. The summed E-state index contributed by atoms with van der Waals surface area (Å²) in [7, 11) is 0. The van der Waals surface area contributed by atoms with Crippen LogP contribution in [0.1, 0.15) is 22.3 Å². The molecule has 0 bridgehead atoms. The van der Waals surface area contributed by atoms with Crippen molar-refractivity contribution in [1.29, 1.82) is 0 Å². The molecule has 2 N–H and O–H groups in total.